The molecule has 1 heterocycles. The fraction of sp³-hybridized carbons (Fsp3) is 1.00. The highest BCUT2D eigenvalue weighted by Gasteiger charge is 2.11. The van der Waals surface area contributed by atoms with Crippen molar-refractivity contribution in [2.45, 2.75) is 4.77 Å². The summed E-state index contributed by atoms with van der Waals surface area (Å²) in [6.07, 6.45) is 0. The Balaban J connectivity index is 2.18. The Kier molecular flexibility index (Phi) is 2.02. The maximum absolute atomic E-state index is 8.63. The van der Waals surface area contributed by atoms with Gasteiger partial charge in [0.1, 0.15) is 0 Å². The van der Waals surface area contributed by atoms with E-state index >= 15 is 0 Å². The summed E-state index contributed by atoms with van der Waals surface area (Å²) in [5, 5.41) is 9.67. The molecule has 1 fully saturated rings. The molecule has 0 saturated carbocycles. The molecule has 0 aliphatic carbocycles. The van der Waals surface area contributed by atoms with E-state index in [4.69, 9.17) is 5.11 Å². The molecule has 0 amide bonds. The van der Waals surface area contributed by atoms with E-state index < -0.39 is 0 Å². The summed E-state index contributed by atoms with van der Waals surface area (Å²) in [6, 6.07) is 0. The number of aliphatic hydroxyl groups is 1. The van der Waals surface area contributed by atoms with Crippen LogP contribution in [-0.2, 0) is 0 Å². The number of aliphatic hydroxyl groups excluding tert-OH is 1. The second-order valence-electron chi connectivity index (χ2n) is 0.806. The van der Waals surface area contributed by atoms with Crippen LogP contribution >= 0.6 is 33.3 Å². The summed E-state index contributed by atoms with van der Waals surface area (Å²) in [5.74, 6) is 0. The topological polar surface area (TPSA) is 20.2 Å². The van der Waals surface area contributed by atoms with Gasteiger partial charge in [0, 0.05) is 0 Å². The molecular weight excluding hydrogens is 136 g/mol. The van der Waals surface area contributed by atoms with Crippen LogP contribution in [0.3, 0.4) is 0 Å². The Morgan fingerprint density at radius 2 is 2.50 bits per heavy atom. The molecule has 4 heteroatoms. The van der Waals surface area contributed by atoms with Crippen LogP contribution in [0.1, 0.15) is 0 Å². The predicted octanol–water partition coefficient (Wildman–Crippen LogP) is 1.35. The molecule has 6 heavy (non-hydrogen) atoms. The third-order valence-electron chi connectivity index (χ3n) is 0.409. The normalized spacial score (nSPS) is 34.5. The highest BCUT2D eigenvalue weighted by atomic mass is 33.1. The number of thioether (sulfide) groups is 1. The van der Waals surface area contributed by atoms with E-state index in [1.165, 1.54) is 10.8 Å². The molecule has 0 aromatic rings. The van der Waals surface area contributed by atoms with Gasteiger partial charge in [-0.1, -0.05) is 21.6 Å². The molecule has 36 valence electrons. The standard InChI is InChI=1S/C2H4OS3/c3-2-4-1-5-6-2/h2-3H,1H2. The summed E-state index contributed by atoms with van der Waals surface area (Å²) in [5.41, 5.74) is 0. The minimum absolute atomic E-state index is 0.157. The van der Waals surface area contributed by atoms with Crippen molar-refractivity contribution in [3.63, 3.8) is 0 Å². The quantitative estimate of drug-likeness (QED) is 0.512. The first-order valence-electron chi connectivity index (χ1n) is 1.47. The molecule has 0 spiro atoms. The zero-order valence-electron chi connectivity index (χ0n) is 2.96. The highest BCUT2D eigenvalue weighted by molar-refractivity contribution is 8.82. The third kappa shape index (κ3) is 1.26. The minimum Gasteiger partial charge on any atom is -0.372 e. The summed E-state index contributed by atoms with van der Waals surface area (Å²) >= 11 is 1.58. The van der Waals surface area contributed by atoms with Gasteiger partial charge in [-0.3, -0.25) is 0 Å². The average Bonchev–Trinajstić information content (AvgIpc) is 1.86. The van der Waals surface area contributed by atoms with Crippen LogP contribution in [0.2, 0.25) is 0 Å². The van der Waals surface area contributed by atoms with Gasteiger partial charge in [0.05, 0.1) is 5.08 Å². The van der Waals surface area contributed by atoms with Crippen LogP contribution in [0, 0.1) is 0 Å². The van der Waals surface area contributed by atoms with Crippen LogP contribution in [0.4, 0.5) is 0 Å². The van der Waals surface area contributed by atoms with Crippen LogP contribution in [0.15, 0.2) is 0 Å². The zero-order valence-corrected chi connectivity index (χ0v) is 5.41. The molecular formula is C2H4OS3. The lowest BCUT2D eigenvalue weighted by molar-refractivity contribution is 0.347. The van der Waals surface area contributed by atoms with Crippen LogP contribution in [-0.4, -0.2) is 15.0 Å². The minimum atomic E-state index is -0.157. The molecule has 0 bridgehead atoms. The fourth-order valence-electron chi connectivity index (χ4n) is 0.200. The van der Waals surface area contributed by atoms with Crippen molar-refractivity contribution in [3.05, 3.63) is 0 Å². The second kappa shape index (κ2) is 2.35. The number of hydrogen-bond donors (Lipinski definition) is 1. The molecule has 1 aliphatic rings. The molecule has 1 rings (SSSR count). The largest absolute Gasteiger partial charge is 0.372 e. The van der Waals surface area contributed by atoms with E-state index in [2.05, 4.69) is 0 Å². The lowest BCUT2D eigenvalue weighted by Crippen LogP contribution is -1.81. The molecule has 1 atom stereocenters. The van der Waals surface area contributed by atoms with Crippen LogP contribution in [0.25, 0.3) is 0 Å². The lowest BCUT2D eigenvalue weighted by Gasteiger charge is -1.88. The Morgan fingerprint density at radius 3 is 2.67 bits per heavy atom. The van der Waals surface area contributed by atoms with Crippen molar-refractivity contribution in [1.29, 1.82) is 0 Å². The molecule has 1 nitrogen and oxygen atoms in total. The maximum atomic E-state index is 8.63. The van der Waals surface area contributed by atoms with E-state index in [1.54, 1.807) is 22.6 Å². The van der Waals surface area contributed by atoms with Gasteiger partial charge in [-0.05, 0) is 0 Å². The molecule has 1 saturated heterocycles. The van der Waals surface area contributed by atoms with Gasteiger partial charge in [0.25, 0.3) is 0 Å². The van der Waals surface area contributed by atoms with E-state index in [1.807, 2.05) is 0 Å². The third-order valence-corrected chi connectivity index (χ3v) is 4.81. The first-order valence-corrected chi connectivity index (χ1v) is 4.90. The van der Waals surface area contributed by atoms with Crippen LogP contribution < -0.4 is 0 Å². The SMILES string of the molecule is OC1SCSS1. The molecule has 1 unspecified atom stereocenters. The molecule has 0 radical (unpaired) electrons. The number of rotatable bonds is 0. The Labute approximate surface area is 48.7 Å². The molecule has 0 aromatic heterocycles. The average molecular weight is 140 g/mol. The fourth-order valence-corrected chi connectivity index (χ4v) is 4.30. The van der Waals surface area contributed by atoms with E-state index in [0.29, 0.717) is 0 Å². The van der Waals surface area contributed by atoms with Crippen molar-refractivity contribution in [2.75, 3.05) is 5.08 Å². The van der Waals surface area contributed by atoms with Crippen LogP contribution in [0.5, 0.6) is 0 Å². The monoisotopic (exact) mass is 140 g/mol. The highest BCUT2D eigenvalue weighted by Crippen LogP contribution is 2.42. The van der Waals surface area contributed by atoms with Crippen molar-refractivity contribution < 1.29 is 5.11 Å². The smallest absolute Gasteiger partial charge is 0.157 e. The van der Waals surface area contributed by atoms with Crippen molar-refractivity contribution in [3.8, 4) is 0 Å². The van der Waals surface area contributed by atoms with E-state index in [-0.39, 0.29) is 4.77 Å². The predicted molar refractivity (Wildman–Crippen MR) is 33.6 cm³/mol. The van der Waals surface area contributed by atoms with Gasteiger partial charge in [0.2, 0.25) is 0 Å². The maximum Gasteiger partial charge on any atom is 0.157 e. The van der Waals surface area contributed by atoms with Gasteiger partial charge in [0.15, 0.2) is 4.77 Å². The van der Waals surface area contributed by atoms with E-state index in [0.717, 1.165) is 5.08 Å². The van der Waals surface area contributed by atoms with Gasteiger partial charge in [-0.15, -0.1) is 11.8 Å². The van der Waals surface area contributed by atoms with E-state index in [9.17, 15) is 0 Å². The zero-order chi connectivity index (χ0) is 4.41. The first kappa shape index (κ1) is 5.15. The van der Waals surface area contributed by atoms with Gasteiger partial charge < -0.3 is 5.11 Å². The van der Waals surface area contributed by atoms with Crippen molar-refractivity contribution in [1.82, 2.24) is 0 Å². The Bertz CT molecular complexity index is 42.1. The number of hydrogen-bond acceptors (Lipinski definition) is 4. The summed E-state index contributed by atoms with van der Waals surface area (Å²) in [6.45, 7) is 0. The first-order chi connectivity index (χ1) is 2.89. The summed E-state index contributed by atoms with van der Waals surface area (Å²) in [4.78, 5) is 0. The second-order valence-corrected chi connectivity index (χ2v) is 4.99. The van der Waals surface area contributed by atoms with Gasteiger partial charge in [-0.25, -0.2) is 0 Å². The van der Waals surface area contributed by atoms with Crippen molar-refractivity contribution in [2.24, 2.45) is 0 Å². The van der Waals surface area contributed by atoms with Gasteiger partial charge in [-0.2, -0.15) is 0 Å². The molecule has 1 N–H and O–H groups in total. The Morgan fingerprint density at radius 1 is 1.67 bits per heavy atom. The van der Waals surface area contributed by atoms with Gasteiger partial charge >= 0.3 is 0 Å². The lowest BCUT2D eigenvalue weighted by atomic mass is 11.7. The molecule has 1 aliphatic heterocycles. The summed E-state index contributed by atoms with van der Waals surface area (Å²) in [7, 11) is 3.24. The summed E-state index contributed by atoms with van der Waals surface area (Å²) < 4.78 is -0.157. The molecule has 0 aromatic carbocycles. The van der Waals surface area contributed by atoms with Crippen molar-refractivity contribution >= 4 is 33.3 Å². The Hall–Kier alpha value is 1.01.